The second-order valence-electron chi connectivity index (χ2n) is 4.90. The van der Waals surface area contributed by atoms with Gasteiger partial charge in [-0.25, -0.2) is 0 Å². The molecule has 0 aromatic carbocycles. The lowest BCUT2D eigenvalue weighted by atomic mass is 10.1. The highest BCUT2D eigenvalue weighted by molar-refractivity contribution is 7.84. The van der Waals surface area contributed by atoms with Crippen LogP contribution in [0.25, 0.3) is 0 Å². The minimum absolute atomic E-state index is 0.517. The molecule has 3 nitrogen and oxygen atoms in total. The standard InChI is InChI=1S/C13H22N2OS/c1-9(2)5-6-17(16)8-12-11(4)13(14)10(3)7-15-12/h7,9H,5-6,8H2,1-4H3,(H2,14,15). The number of nitrogens with two attached hydrogens (primary N) is 1. The third kappa shape index (κ3) is 4.11. The van der Waals surface area contributed by atoms with E-state index in [4.69, 9.17) is 5.73 Å². The van der Waals surface area contributed by atoms with Crippen LogP contribution >= 0.6 is 0 Å². The largest absolute Gasteiger partial charge is 0.398 e. The second kappa shape index (κ2) is 6.15. The molecule has 0 aliphatic rings. The summed E-state index contributed by atoms with van der Waals surface area (Å²) in [6.07, 6.45) is 2.75. The van der Waals surface area contributed by atoms with Crippen molar-refractivity contribution in [1.82, 2.24) is 4.98 Å². The molecule has 1 heterocycles. The molecule has 17 heavy (non-hydrogen) atoms. The smallest absolute Gasteiger partial charge is 0.0662 e. The number of rotatable bonds is 5. The van der Waals surface area contributed by atoms with E-state index in [1.54, 1.807) is 6.20 Å². The van der Waals surface area contributed by atoms with Gasteiger partial charge in [0, 0.05) is 28.4 Å². The highest BCUT2D eigenvalue weighted by Crippen LogP contribution is 2.19. The third-order valence-electron chi connectivity index (χ3n) is 2.90. The molecule has 2 N–H and O–H groups in total. The van der Waals surface area contributed by atoms with Crippen molar-refractivity contribution in [2.45, 2.75) is 39.9 Å². The van der Waals surface area contributed by atoms with E-state index in [9.17, 15) is 4.21 Å². The van der Waals surface area contributed by atoms with Crippen molar-refractivity contribution in [3.63, 3.8) is 0 Å². The Balaban J connectivity index is 2.69. The van der Waals surface area contributed by atoms with Crippen molar-refractivity contribution in [1.29, 1.82) is 0 Å². The van der Waals surface area contributed by atoms with Gasteiger partial charge in [0.05, 0.1) is 11.4 Å². The number of hydrogen-bond acceptors (Lipinski definition) is 3. The van der Waals surface area contributed by atoms with Gasteiger partial charge in [0.2, 0.25) is 0 Å². The van der Waals surface area contributed by atoms with Crippen LogP contribution in [0.1, 0.15) is 37.1 Å². The lowest BCUT2D eigenvalue weighted by Crippen LogP contribution is -2.08. The van der Waals surface area contributed by atoms with Crippen LogP contribution in [-0.2, 0) is 16.6 Å². The molecule has 0 aliphatic carbocycles. The van der Waals surface area contributed by atoms with Gasteiger partial charge in [-0.2, -0.15) is 0 Å². The molecule has 0 aliphatic heterocycles. The van der Waals surface area contributed by atoms with E-state index in [1.807, 2.05) is 13.8 Å². The summed E-state index contributed by atoms with van der Waals surface area (Å²) in [5, 5.41) is 0. The normalized spacial score (nSPS) is 13.0. The molecule has 1 rings (SSSR count). The average Bonchev–Trinajstić information content (AvgIpc) is 2.27. The van der Waals surface area contributed by atoms with Crippen LogP contribution in [0, 0.1) is 19.8 Å². The number of hydrogen-bond donors (Lipinski definition) is 1. The fourth-order valence-corrected chi connectivity index (χ4v) is 3.00. The Bertz CT molecular complexity index is 416. The number of anilines is 1. The highest BCUT2D eigenvalue weighted by atomic mass is 32.2. The van der Waals surface area contributed by atoms with E-state index in [0.717, 1.165) is 34.7 Å². The summed E-state index contributed by atoms with van der Waals surface area (Å²) in [6, 6.07) is 0. The van der Waals surface area contributed by atoms with Gasteiger partial charge in [0.25, 0.3) is 0 Å². The predicted octanol–water partition coefficient (Wildman–Crippen LogP) is 2.58. The van der Waals surface area contributed by atoms with Crippen molar-refractivity contribution in [2.75, 3.05) is 11.5 Å². The number of aryl methyl sites for hydroxylation is 1. The Morgan fingerprint density at radius 3 is 2.65 bits per heavy atom. The third-order valence-corrected chi connectivity index (χ3v) is 4.18. The first-order chi connectivity index (χ1) is 7.91. The molecule has 1 unspecified atom stereocenters. The Kier molecular flexibility index (Phi) is 5.12. The van der Waals surface area contributed by atoms with Crippen LogP contribution in [-0.4, -0.2) is 14.9 Å². The van der Waals surface area contributed by atoms with Gasteiger partial charge in [-0.3, -0.25) is 9.19 Å². The summed E-state index contributed by atoms with van der Waals surface area (Å²) >= 11 is 0. The SMILES string of the molecule is Cc1cnc(CS(=O)CCC(C)C)c(C)c1N. The molecule has 0 saturated heterocycles. The molecule has 4 heteroatoms. The van der Waals surface area contributed by atoms with E-state index in [0.29, 0.717) is 11.7 Å². The maximum atomic E-state index is 11.9. The van der Waals surface area contributed by atoms with Crippen molar-refractivity contribution >= 4 is 16.5 Å². The molecular formula is C13H22N2OS. The van der Waals surface area contributed by atoms with Crippen LogP contribution in [0.3, 0.4) is 0 Å². The minimum Gasteiger partial charge on any atom is -0.398 e. The summed E-state index contributed by atoms with van der Waals surface area (Å²) in [5.74, 6) is 1.85. The zero-order valence-electron chi connectivity index (χ0n) is 11.1. The molecule has 0 spiro atoms. The van der Waals surface area contributed by atoms with Crippen molar-refractivity contribution in [3.8, 4) is 0 Å². The first-order valence-corrected chi connectivity index (χ1v) is 7.46. The summed E-state index contributed by atoms with van der Waals surface area (Å²) < 4.78 is 11.9. The lowest BCUT2D eigenvalue weighted by molar-refractivity contribution is 0.619. The number of pyridine rings is 1. The second-order valence-corrected chi connectivity index (χ2v) is 6.47. The first kappa shape index (κ1) is 14.2. The van der Waals surface area contributed by atoms with Crippen LogP contribution in [0.2, 0.25) is 0 Å². The Hall–Kier alpha value is -0.900. The zero-order valence-corrected chi connectivity index (χ0v) is 11.9. The van der Waals surface area contributed by atoms with Crippen LogP contribution in [0.4, 0.5) is 5.69 Å². The predicted molar refractivity (Wildman–Crippen MR) is 74.3 cm³/mol. The minimum atomic E-state index is -0.835. The highest BCUT2D eigenvalue weighted by Gasteiger charge is 2.10. The van der Waals surface area contributed by atoms with E-state index < -0.39 is 10.8 Å². The number of nitrogen functional groups attached to an aromatic ring is 1. The van der Waals surface area contributed by atoms with Gasteiger partial charge in [-0.1, -0.05) is 13.8 Å². The van der Waals surface area contributed by atoms with Crippen molar-refractivity contribution < 1.29 is 4.21 Å². The topological polar surface area (TPSA) is 56.0 Å². The maximum Gasteiger partial charge on any atom is 0.0662 e. The average molecular weight is 254 g/mol. The molecule has 0 amide bonds. The Morgan fingerprint density at radius 2 is 2.06 bits per heavy atom. The van der Waals surface area contributed by atoms with Crippen LogP contribution in [0.5, 0.6) is 0 Å². The monoisotopic (exact) mass is 254 g/mol. The molecule has 0 bridgehead atoms. The van der Waals surface area contributed by atoms with E-state index in [-0.39, 0.29) is 0 Å². The quantitative estimate of drug-likeness (QED) is 0.878. The van der Waals surface area contributed by atoms with Gasteiger partial charge >= 0.3 is 0 Å². The first-order valence-electron chi connectivity index (χ1n) is 5.97. The Labute approximate surface area is 106 Å². The molecule has 1 atom stereocenters. The van der Waals surface area contributed by atoms with Crippen molar-refractivity contribution in [2.24, 2.45) is 5.92 Å². The van der Waals surface area contributed by atoms with Gasteiger partial charge in [0.15, 0.2) is 0 Å². The molecule has 0 radical (unpaired) electrons. The molecular weight excluding hydrogens is 232 g/mol. The van der Waals surface area contributed by atoms with E-state index >= 15 is 0 Å². The van der Waals surface area contributed by atoms with Gasteiger partial charge in [-0.05, 0) is 37.3 Å². The lowest BCUT2D eigenvalue weighted by Gasteiger charge is -2.10. The van der Waals surface area contributed by atoms with Crippen molar-refractivity contribution in [3.05, 3.63) is 23.0 Å². The van der Waals surface area contributed by atoms with Gasteiger partial charge in [0.1, 0.15) is 0 Å². The molecule has 1 aromatic rings. The number of nitrogens with zero attached hydrogens (tertiary/aromatic N) is 1. The summed E-state index contributed by atoms with van der Waals surface area (Å²) in [7, 11) is -0.835. The fourth-order valence-electron chi connectivity index (χ4n) is 1.53. The zero-order chi connectivity index (χ0) is 13.0. The molecule has 1 aromatic heterocycles. The van der Waals surface area contributed by atoms with Gasteiger partial charge in [-0.15, -0.1) is 0 Å². The summed E-state index contributed by atoms with van der Waals surface area (Å²) in [4.78, 5) is 4.33. The fraction of sp³-hybridized carbons (Fsp3) is 0.615. The Morgan fingerprint density at radius 1 is 1.41 bits per heavy atom. The summed E-state index contributed by atoms with van der Waals surface area (Å²) in [6.45, 7) is 8.17. The van der Waals surface area contributed by atoms with Crippen LogP contribution in [0.15, 0.2) is 6.20 Å². The maximum absolute atomic E-state index is 11.9. The summed E-state index contributed by atoms with van der Waals surface area (Å²) in [5.41, 5.74) is 9.55. The van der Waals surface area contributed by atoms with Gasteiger partial charge < -0.3 is 5.73 Å². The van der Waals surface area contributed by atoms with E-state index in [1.165, 1.54) is 0 Å². The molecule has 0 fully saturated rings. The molecule has 0 saturated carbocycles. The number of aromatic nitrogens is 1. The van der Waals surface area contributed by atoms with E-state index in [2.05, 4.69) is 18.8 Å². The van der Waals surface area contributed by atoms with Crippen LogP contribution < -0.4 is 5.73 Å². The molecule has 96 valence electrons.